The highest BCUT2D eigenvalue weighted by molar-refractivity contribution is 7.07. The molecule has 0 aliphatic carbocycles. The van der Waals surface area contributed by atoms with E-state index in [2.05, 4.69) is 27.1 Å². The molecule has 14 heavy (non-hydrogen) atoms. The highest BCUT2D eigenvalue weighted by Gasteiger charge is 2.03. The molecule has 3 heteroatoms. The maximum Gasteiger partial charge on any atom is 0.0966 e. The molecule has 0 unspecified atom stereocenters. The average molecular weight is 208 g/mol. The smallest absolute Gasteiger partial charge is 0.0966 e. The molecular weight excluding hydrogens is 192 g/mol. The van der Waals surface area contributed by atoms with Crippen LogP contribution in [0.2, 0.25) is 0 Å². The number of aliphatic imine (C=N–C) groups is 1. The first-order chi connectivity index (χ1) is 6.95. The van der Waals surface area contributed by atoms with Crippen LogP contribution >= 0.6 is 11.3 Å². The van der Waals surface area contributed by atoms with Crippen molar-refractivity contribution in [3.8, 4) is 0 Å². The highest BCUT2D eigenvalue weighted by Crippen LogP contribution is 2.09. The van der Waals surface area contributed by atoms with Crippen molar-refractivity contribution in [3.05, 3.63) is 22.4 Å². The van der Waals surface area contributed by atoms with Gasteiger partial charge in [-0.3, -0.25) is 4.99 Å². The third-order valence-corrected chi connectivity index (χ3v) is 3.18. The van der Waals surface area contributed by atoms with E-state index in [1.54, 1.807) is 11.3 Å². The molecule has 0 fully saturated rings. The maximum atomic E-state index is 4.53. The fourth-order valence-electron chi connectivity index (χ4n) is 1.60. The number of rotatable bonds is 3. The Morgan fingerprint density at radius 1 is 1.36 bits per heavy atom. The summed E-state index contributed by atoms with van der Waals surface area (Å²) in [6.07, 6.45) is 4.67. The Hall–Kier alpha value is -0.830. The van der Waals surface area contributed by atoms with Crippen LogP contribution in [0.3, 0.4) is 0 Å². The number of hydrogen-bond donors (Lipinski definition) is 1. The van der Waals surface area contributed by atoms with E-state index in [9.17, 15) is 0 Å². The lowest BCUT2D eigenvalue weighted by Gasteiger charge is -2.05. The fourth-order valence-corrected chi connectivity index (χ4v) is 2.31. The lowest BCUT2D eigenvalue weighted by atomic mass is 10.2. The first-order valence-corrected chi connectivity index (χ1v) is 6.18. The van der Waals surface area contributed by atoms with Gasteiger partial charge in [-0.2, -0.15) is 11.3 Å². The standard InChI is InChI=1S/C11H16N2S/c1-2-7-13-11(12-6-1)4-3-10-5-8-14-9-10/h5,8-9H,1-4,6-7H2,(H,12,13). The summed E-state index contributed by atoms with van der Waals surface area (Å²) in [4.78, 5) is 4.53. The van der Waals surface area contributed by atoms with Crippen molar-refractivity contribution >= 4 is 17.2 Å². The summed E-state index contributed by atoms with van der Waals surface area (Å²) >= 11 is 1.77. The van der Waals surface area contributed by atoms with Crippen molar-refractivity contribution in [1.82, 2.24) is 5.32 Å². The maximum absolute atomic E-state index is 4.53. The van der Waals surface area contributed by atoms with Crippen LogP contribution in [0, 0.1) is 0 Å². The van der Waals surface area contributed by atoms with Crippen LogP contribution in [0.1, 0.15) is 24.8 Å². The minimum absolute atomic E-state index is 1.01. The number of amidine groups is 1. The largest absolute Gasteiger partial charge is 0.374 e. The molecule has 1 aliphatic rings. The van der Waals surface area contributed by atoms with Crippen LogP contribution in [0.5, 0.6) is 0 Å². The summed E-state index contributed by atoms with van der Waals surface area (Å²) < 4.78 is 0. The molecule has 1 aliphatic heterocycles. The lowest BCUT2D eigenvalue weighted by Crippen LogP contribution is -2.23. The molecule has 0 saturated heterocycles. The van der Waals surface area contributed by atoms with Gasteiger partial charge in [-0.25, -0.2) is 0 Å². The summed E-state index contributed by atoms with van der Waals surface area (Å²) in [7, 11) is 0. The van der Waals surface area contributed by atoms with E-state index in [-0.39, 0.29) is 0 Å². The minimum Gasteiger partial charge on any atom is -0.374 e. The van der Waals surface area contributed by atoms with Gasteiger partial charge in [0, 0.05) is 19.5 Å². The molecule has 1 N–H and O–H groups in total. The van der Waals surface area contributed by atoms with Crippen molar-refractivity contribution in [2.75, 3.05) is 13.1 Å². The van der Waals surface area contributed by atoms with Crippen molar-refractivity contribution in [2.45, 2.75) is 25.7 Å². The monoisotopic (exact) mass is 208 g/mol. The third-order valence-electron chi connectivity index (χ3n) is 2.45. The average Bonchev–Trinajstić information content (AvgIpc) is 2.58. The Balaban J connectivity index is 1.82. The van der Waals surface area contributed by atoms with Gasteiger partial charge in [0.1, 0.15) is 0 Å². The zero-order valence-electron chi connectivity index (χ0n) is 8.33. The van der Waals surface area contributed by atoms with Gasteiger partial charge < -0.3 is 5.32 Å². The molecule has 2 rings (SSSR count). The molecule has 0 saturated carbocycles. The van der Waals surface area contributed by atoms with Crippen molar-refractivity contribution in [3.63, 3.8) is 0 Å². The normalized spacial score (nSPS) is 17.0. The summed E-state index contributed by atoms with van der Waals surface area (Å²) in [6, 6.07) is 2.20. The molecular formula is C11H16N2S. The summed E-state index contributed by atoms with van der Waals surface area (Å²) in [5, 5.41) is 7.75. The molecule has 2 nitrogen and oxygen atoms in total. The molecule has 0 spiro atoms. The molecule has 0 bridgehead atoms. The lowest BCUT2D eigenvalue weighted by molar-refractivity contribution is 0.747. The molecule has 2 heterocycles. The summed E-state index contributed by atoms with van der Waals surface area (Å²) in [5.41, 5.74) is 1.43. The van der Waals surface area contributed by atoms with E-state index in [1.165, 1.54) is 24.2 Å². The molecule has 76 valence electrons. The number of aryl methyl sites for hydroxylation is 1. The van der Waals surface area contributed by atoms with Crippen LogP contribution in [0.15, 0.2) is 21.8 Å². The third kappa shape index (κ3) is 2.84. The zero-order chi connectivity index (χ0) is 9.64. The van der Waals surface area contributed by atoms with Crippen molar-refractivity contribution in [1.29, 1.82) is 0 Å². The van der Waals surface area contributed by atoms with Crippen LogP contribution < -0.4 is 5.32 Å². The van der Waals surface area contributed by atoms with E-state index in [1.807, 2.05) is 0 Å². The van der Waals surface area contributed by atoms with E-state index in [0.29, 0.717) is 0 Å². The molecule has 0 aromatic carbocycles. The van der Waals surface area contributed by atoms with Gasteiger partial charge in [0.2, 0.25) is 0 Å². The number of nitrogens with zero attached hydrogens (tertiary/aromatic N) is 1. The first-order valence-electron chi connectivity index (χ1n) is 5.23. The predicted octanol–water partition coefficient (Wildman–Crippen LogP) is 2.46. The van der Waals surface area contributed by atoms with E-state index >= 15 is 0 Å². The number of thiophene rings is 1. The van der Waals surface area contributed by atoms with Gasteiger partial charge >= 0.3 is 0 Å². The van der Waals surface area contributed by atoms with Crippen LogP contribution in [-0.4, -0.2) is 18.9 Å². The molecule has 0 amide bonds. The van der Waals surface area contributed by atoms with E-state index in [0.717, 1.165) is 25.9 Å². The summed E-state index contributed by atoms with van der Waals surface area (Å²) in [5.74, 6) is 1.20. The van der Waals surface area contributed by atoms with Gasteiger partial charge in [0.05, 0.1) is 5.84 Å². The molecule has 1 aromatic heterocycles. The van der Waals surface area contributed by atoms with Gasteiger partial charge in [-0.05, 0) is 41.7 Å². The highest BCUT2D eigenvalue weighted by atomic mass is 32.1. The van der Waals surface area contributed by atoms with Gasteiger partial charge in [-0.1, -0.05) is 0 Å². The predicted molar refractivity (Wildman–Crippen MR) is 62.2 cm³/mol. The quantitative estimate of drug-likeness (QED) is 0.810. The molecule has 1 aromatic rings. The second-order valence-corrected chi connectivity index (χ2v) is 4.37. The van der Waals surface area contributed by atoms with Crippen LogP contribution in [0.4, 0.5) is 0 Å². The Bertz CT molecular complexity index is 290. The number of nitrogens with one attached hydrogen (secondary N) is 1. The second-order valence-electron chi connectivity index (χ2n) is 3.59. The van der Waals surface area contributed by atoms with Gasteiger partial charge in [0.15, 0.2) is 0 Å². The number of hydrogen-bond acceptors (Lipinski definition) is 3. The molecule has 0 radical (unpaired) electrons. The first kappa shape index (κ1) is 9.71. The minimum atomic E-state index is 1.01. The Morgan fingerprint density at radius 2 is 2.36 bits per heavy atom. The van der Waals surface area contributed by atoms with Crippen molar-refractivity contribution in [2.24, 2.45) is 4.99 Å². The van der Waals surface area contributed by atoms with Crippen molar-refractivity contribution < 1.29 is 0 Å². The topological polar surface area (TPSA) is 24.4 Å². The SMILES string of the molecule is c1cc(CCC2=NCCCCN2)cs1. The van der Waals surface area contributed by atoms with Gasteiger partial charge in [0.25, 0.3) is 0 Å². The van der Waals surface area contributed by atoms with E-state index in [4.69, 9.17) is 0 Å². The fraction of sp³-hybridized carbons (Fsp3) is 0.545. The van der Waals surface area contributed by atoms with E-state index < -0.39 is 0 Å². The Labute approximate surface area is 89.1 Å². The Morgan fingerprint density at radius 3 is 3.21 bits per heavy atom. The van der Waals surface area contributed by atoms with Crippen LogP contribution in [0.25, 0.3) is 0 Å². The zero-order valence-corrected chi connectivity index (χ0v) is 9.15. The van der Waals surface area contributed by atoms with Crippen LogP contribution in [-0.2, 0) is 6.42 Å². The summed E-state index contributed by atoms with van der Waals surface area (Å²) in [6.45, 7) is 2.11. The Kier molecular flexibility index (Phi) is 3.57. The van der Waals surface area contributed by atoms with Gasteiger partial charge in [-0.15, -0.1) is 0 Å². The molecule has 0 atom stereocenters. The second kappa shape index (κ2) is 5.15.